The van der Waals surface area contributed by atoms with Crippen molar-refractivity contribution < 1.29 is 8.42 Å². The summed E-state index contributed by atoms with van der Waals surface area (Å²) >= 11 is 0. The first-order valence-electron chi connectivity index (χ1n) is 6.09. The van der Waals surface area contributed by atoms with Gasteiger partial charge in [-0.15, -0.1) is 0 Å². The van der Waals surface area contributed by atoms with E-state index in [1.807, 2.05) is 30.3 Å². The summed E-state index contributed by atoms with van der Waals surface area (Å²) in [6, 6.07) is 9.85. The van der Waals surface area contributed by atoms with Crippen LogP contribution < -0.4 is 0 Å². The van der Waals surface area contributed by atoms with Crippen molar-refractivity contribution in [2.45, 2.75) is 24.6 Å². The van der Waals surface area contributed by atoms with E-state index >= 15 is 0 Å². The molecule has 1 radical (unpaired) electrons. The van der Waals surface area contributed by atoms with Crippen molar-refractivity contribution in [2.24, 2.45) is 0 Å². The molecule has 1 saturated carbocycles. The second-order valence-corrected chi connectivity index (χ2v) is 6.56. The third-order valence-corrected chi connectivity index (χ3v) is 3.67. The lowest BCUT2D eigenvalue weighted by Gasteiger charge is -2.01. The second-order valence-electron chi connectivity index (χ2n) is 4.78. The van der Waals surface area contributed by atoms with E-state index in [2.05, 4.69) is 16.3 Å². The first kappa shape index (κ1) is 12.3. The minimum absolute atomic E-state index is 0.163. The first-order valence-corrected chi connectivity index (χ1v) is 7.92. The Morgan fingerprint density at radius 2 is 1.95 bits per heavy atom. The molecule has 99 valence electrons. The van der Waals surface area contributed by atoms with Crippen LogP contribution in [-0.2, 0) is 15.6 Å². The topological polar surface area (TPSA) is 64.8 Å². The molecule has 0 N–H and O–H groups in total. The van der Waals surface area contributed by atoms with Crippen LogP contribution >= 0.6 is 0 Å². The molecular formula is C13H14N3O2S. The van der Waals surface area contributed by atoms with Crippen LogP contribution in [0.25, 0.3) is 11.4 Å². The van der Waals surface area contributed by atoms with Gasteiger partial charge < -0.3 is 0 Å². The molecule has 1 aliphatic carbocycles. The lowest BCUT2D eigenvalue weighted by atomic mass is 10.2. The molecule has 19 heavy (non-hydrogen) atoms. The molecule has 3 rings (SSSR count). The summed E-state index contributed by atoms with van der Waals surface area (Å²) in [7, 11) is -3.35. The summed E-state index contributed by atoms with van der Waals surface area (Å²) in [6.07, 6.45) is 5.22. The van der Waals surface area contributed by atoms with Crippen LogP contribution in [0.1, 0.15) is 24.7 Å². The van der Waals surface area contributed by atoms with Gasteiger partial charge in [0.05, 0.1) is 12.3 Å². The normalized spacial score (nSPS) is 15.6. The fourth-order valence-electron chi connectivity index (χ4n) is 1.97. The summed E-state index contributed by atoms with van der Waals surface area (Å²) in [6.45, 7) is 0. The van der Waals surface area contributed by atoms with Gasteiger partial charge in [-0.25, -0.2) is 18.1 Å². The molecule has 0 atom stereocenters. The van der Waals surface area contributed by atoms with Crippen molar-refractivity contribution in [3.8, 4) is 11.4 Å². The van der Waals surface area contributed by atoms with Gasteiger partial charge in [-0.05, 0) is 12.8 Å². The van der Waals surface area contributed by atoms with Gasteiger partial charge in [0, 0.05) is 5.56 Å². The number of rotatable bonds is 4. The van der Waals surface area contributed by atoms with E-state index in [-0.39, 0.29) is 5.75 Å². The summed E-state index contributed by atoms with van der Waals surface area (Å²) in [4.78, 5) is 4.36. The molecule has 6 heteroatoms. The molecule has 5 nitrogen and oxygen atoms in total. The van der Waals surface area contributed by atoms with E-state index in [9.17, 15) is 8.42 Å². The minimum atomic E-state index is -3.35. The molecular weight excluding hydrogens is 262 g/mol. The van der Waals surface area contributed by atoms with E-state index in [1.54, 1.807) is 4.68 Å². The van der Waals surface area contributed by atoms with E-state index in [1.165, 1.54) is 0 Å². The number of benzene rings is 1. The standard InChI is InChI=1S/C13H14N3O2S/c1-19(17,18)9-12-14-13(10-5-3-2-4-6-10)15-16(12)11-7-8-11/h2-6,11H,1,7-9H2. The van der Waals surface area contributed by atoms with Crippen LogP contribution in [0, 0.1) is 6.26 Å². The van der Waals surface area contributed by atoms with Crippen molar-refractivity contribution in [2.75, 3.05) is 0 Å². The van der Waals surface area contributed by atoms with Gasteiger partial charge >= 0.3 is 0 Å². The zero-order valence-corrected chi connectivity index (χ0v) is 11.2. The molecule has 0 bridgehead atoms. The average molecular weight is 276 g/mol. The van der Waals surface area contributed by atoms with Gasteiger partial charge in [-0.2, -0.15) is 5.10 Å². The smallest absolute Gasteiger partial charge is 0.181 e. The lowest BCUT2D eigenvalue weighted by molar-refractivity contribution is 0.587. The van der Waals surface area contributed by atoms with Crippen molar-refractivity contribution in [1.82, 2.24) is 14.8 Å². The maximum Gasteiger partial charge on any atom is 0.181 e. The fourth-order valence-corrected chi connectivity index (χ4v) is 2.56. The molecule has 0 amide bonds. The van der Waals surface area contributed by atoms with Crippen LogP contribution in [0.15, 0.2) is 30.3 Å². The quantitative estimate of drug-likeness (QED) is 0.856. The Bertz CT molecular complexity index is 688. The highest BCUT2D eigenvalue weighted by Crippen LogP contribution is 2.36. The molecule has 2 aromatic rings. The molecule has 1 aromatic heterocycles. The number of aromatic nitrogens is 3. The summed E-state index contributed by atoms with van der Waals surface area (Å²) in [5.41, 5.74) is 0.893. The maximum absolute atomic E-state index is 11.3. The number of nitrogens with zero attached hydrogens (tertiary/aromatic N) is 3. The Hall–Kier alpha value is -1.69. The zero-order chi connectivity index (χ0) is 13.5. The molecule has 1 aliphatic rings. The zero-order valence-electron chi connectivity index (χ0n) is 10.4. The predicted octanol–water partition coefficient (Wildman–Crippen LogP) is 1.99. The molecule has 0 saturated heterocycles. The minimum Gasteiger partial charge on any atom is -0.245 e. The Labute approximate surface area is 112 Å². The van der Waals surface area contributed by atoms with Crippen molar-refractivity contribution in [3.63, 3.8) is 0 Å². The molecule has 1 aromatic carbocycles. The molecule has 1 heterocycles. The Morgan fingerprint density at radius 3 is 2.53 bits per heavy atom. The number of hydrogen-bond acceptors (Lipinski definition) is 4. The van der Waals surface area contributed by atoms with Crippen LogP contribution in [0.3, 0.4) is 0 Å². The van der Waals surface area contributed by atoms with Gasteiger partial charge in [0.25, 0.3) is 0 Å². The third-order valence-electron chi connectivity index (χ3n) is 2.98. The van der Waals surface area contributed by atoms with Crippen LogP contribution in [0.4, 0.5) is 0 Å². The van der Waals surface area contributed by atoms with Crippen LogP contribution in [0.2, 0.25) is 0 Å². The Balaban J connectivity index is 2.02. The van der Waals surface area contributed by atoms with E-state index in [4.69, 9.17) is 0 Å². The highest BCUT2D eigenvalue weighted by atomic mass is 32.2. The third kappa shape index (κ3) is 2.84. The fraction of sp³-hybridized carbons (Fsp3) is 0.308. The lowest BCUT2D eigenvalue weighted by Crippen LogP contribution is -2.08. The second kappa shape index (κ2) is 4.45. The highest BCUT2D eigenvalue weighted by molar-refractivity contribution is 7.91. The van der Waals surface area contributed by atoms with E-state index < -0.39 is 9.84 Å². The Morgan fingerprint density at radius 1 is 1.26 bits per heavy atom. The van der Waals surface area contributed by atoms with Gasteiger partial charge in [-0.3, -0.25) is 0 Å². The van der Waals surface area contributed by atoms with E-state index in [0.29, 0.717) is 17.7 Å². The maximum atomic E-state index is 11.3. The largest absolute Gasteiger partial charge is 0.245 e. The SMILES string of the molecule is [CH2]S(=O)(=O)Cc1nc(-c2ccccc2)nn1C1CC1. The van der Waals surface area contributed by atoms with Gasteiger partial charge in [0.1, 0.15) is 11.6 Å². The molecule has 0 unspecified atom stereocenters. The summed E-state index contributed by atoms with van der Waals surface area (Å²) in [5, 5.41) is 4.44. The summed E-state index contributed by atoms with van der Waals surface area (Å²) < 4.78 is 24.4. The predicted molar refractivity (Wildman–Crippen MR) is 71.7 cm³/mol. The van der Waals surface area contributed by atoms with E-state index in [0.717, 1.165) is 18.4 Å². The first-order chi connectivity index (χ1) is 9.03. The number of hydrogen-bond donors (Lipinski definition) is 0. The molecule has 0 aliphatic heterocycles. The van der Waals surface area contributed by atoms with Crippen LogP contribution in [0.5, 0.6) is 0 Å². The van der Waals surface area contributed by atoms with Crippen LogP contribution in [-0.4, -0.2) is 23.2 Å². The van der Waals surface area contributed by atoms with Gasteiger partial charge in [0.2, 0.25) is 0 Å². The number of sulfone groups is 1. The monoisotopic (exact) mass is 276 g/mol. The van der Waals surface area contributed by atoms with Crippen molar-refractivity contribution in [3.05, 3.63) is 42.4 Å². The van der Waals surface area contributed by atoms with Crippen molar-refractivity contribution in [1.29, 1.82) is 0 Å². The Kier molecular flexibility index (Phi) is 2.89. The molecule has 0 spiro atoms. The molecule has 1 fully saturated rings. The van der Waals surface area contributed by atoms with Gasteiger partial charge in [-0.1, -0.05) is 30.3 Å². The summed E-state index contributed by atoms with van der Waals surface area (Å²) in [5.74, 6) is 0.895. The average Bonchev–Trinajstić information content (AvgIpc) is 3.11. The highest BCUT2D eigenvalue weighted by Gasteiger charge is 2.29. The van der Waals surface area contributed by atoms with Crippen molar-refractivity contribution >= 4 is 9.84 Å². The van der Waals surface area contributed by atoms with Gasteiger partial charge in [0.15, 0.2) is 15.7 Å².